The van der Waals surface area contributed by atoms with Crippen LogP contribution in [-0.4, -0.2) is 52.1 Å². The van der Waals surface area contributed by atoms with Gasteiger partial charge in [-0.1, -0.05) is 6.92 Å². The Hall–Kier alpha value is -1.26. The Balaban J connectivity index is 2.10. The molecule has 2 aliphatic heterocycles. The third-order valence-electron chi connectivity index (χ3n) is 4.64. The summed E-state index contributed by atoms with van der Waals surface area (Å²) in [6.07, 6.45) is 4.37. The summed E-state index contributed by atoms with van der Waals surface area (Å²) in [6, 6.07) is -0.0866. The molecule has 0 aromatic carbocycles. The van der Waals surface area contributed by atoms with Crippen molar-refractivity contribution in [2.75, 3.05) is 19.6 Å². The molecule has 0 aliphatic carbocycles. The van der Waals surface area contributed by atoms with Crippen LogP contribution in [0.15, 0.2) is 0 Å². The van der Waals surface area contributed by atoms with Gasteiger partial charge in [-0.2, -0.15) is 0 Å². The summed E-state index contributed by atoms with van der Waals surface area (Å²) < 4.78 is 0. The van der Waals surface area contributed by atoms with E-state index in [9.17, 15) is 14.7 Å². The number of carboxylic acid groups (broad SMARTS) is 1. The molecule has 0 bridgehead atoms. The highest BCUT2D eigenvalue weighted by Gasteiger charge is 2.45. The molecule has 5 heteroatoms. The minimum absolute atomic E-state index is 0.0866. The molecule has 108 valence electrons. The van der Waals surface area contributed by atoms with Crippen molar-refractivity contribution in [3.63, 3.8) is 0 Å². The van der Waals surface area contributed by atoms with Crippen molar-refractivity contribution >= 4 is 12.0 Å². The van der Waals surface area contributed by atoms with Crippen LogP contribution in [-0.2, 0) is 4.79 Å². The van der Waals surface area contributed by atoms with Crippen molar-refractivity contribution in [3.8, 4) is 0 Å². The van der Waals surface area contributed by atoms with Gasteiger partial charge in [0.25, 0.3) is 0 Å². The lowest BCUT2D eigenvalue weighted by Crippen LogP contribution is -2.61. The van der Waals surface area contributed by atoms with Gasteiger partial charge in [0.1, 0.15) is 5.54 Å². The molecule has 2 heterocycles. The van der Waals surface area contributed by atoms with Gasteiger partial charge in [-0.3, -0.25) is 0 Å². The molecule has 0 spiro atoms. The van der Waals surface area contributed by atoms with Crippen molar-refractivity contribution in [3.05, 3.63) is 0 Å². The summed E-state index contributed by atoms with van der Waals surface area (Å²) in [5.74, 6) is -0.220. The minimum Gasteiger partial charge on any atom is -0.480 e. The van der Waals surface area contributed by atoms with E-state index >= 15 is 0 Å². The number of hydrogen-bond acceptors (Lipinski definition) is 2. The molecule has 2 saturated heterocycles. The summed E-state index contributed by atoms with van der Waals surface area (Å²) in [5.41, 5.74) is -1.03. The number of carbonyl (C=O) groups is 2. The number of nitrogens with zero attached hydrogens (tertiary/aromatic N) is 2. The van der Waals surface area contributed by atoms with E-state index in [0.29, 0.717) is 18.9 Å². The Kier molecular flexibility index (Phi) is 4.02. The predicted octanol–water partition coefficient (Wildman–Crippen LogP) is 2.17. The Labute approximate surface area is 114 Å². The number of amides is 2. The maximum absolute atomic E-state index is 12.6. The molecule has 19 heavy (non-hydrogen) atoms. The molecule has 2 fully saturated rings. The van der Waals surface area contributed by atoms with Crippen molar-refractivity contribution in [2.24, 2.45) is 5.92 Å². The summed E-state index contributed by atoms with van der Waals surface area (Å²) in [7, 11) is 0. The van der Waals surface area contributed by atoms with Crippen molar-refractivity contribution in [2.45, 2.75) is 51.5 Å². The smallest absolute Gasteiger partial charge is 0.329 e. The quantitative estimate of drug-likeness (QED) is 0.792. The zero-order valence-corrected chi connectivity index (χ0v) is 11.9. The monoisotopic (exact) mass is 268 g/mol. The number of aliphatic carboxylic acids is 1. The third kappa shape index (κ3) is 2.69. The zero-order valence-electron chi connectivity index (χ0n) is 11.9. The lowest BCUT2D eigenvalue weighted by molar-refractivity contribution is -0.150. The van der Waals surface area contributed by atoms with Crippen molar-refractivity contribution in [1.29, 1.82) is 0 Å². The average Bonchev–Trinajstić information content (AvgIpc) is 2.39. The van der Waals surface area contributed by atoms with Gasteiger partial charge in [0, 0.05) is 19.6 Å². The highest BCUT2D eigenvalue weighted by Crippen LogP contribution is 2.30. The topological polar surface area (TPSA) is 60.9 Å². The fourth-order valence-corrected chi connectivity index (χ4v) is 3.02. The van der Waals surface area contributed by atoms with Crippen LogP contribution < -0.4 is 0 Å². The van der Waals surface area contributed by atoms with Crippen LogP contribution >= 0.6 is 0 Å². The largest absolute Gasteiger partial charge is 0.480 e. The van der Waals surface area contributed by atoms with Crippen LogP contribution in [0, 0.1) is 5.92 Å². The standard InChI is InChI=1S/C14H24N2O3/c1-11-5-9-15(10-6-11)13(19)16-8-4-3-7-14(16,2)12(17)18/h11H,3-10H2,1-2H3,(H,17,18). The number of carbonyl (C=O) groups excluding carboxylic acids is 1. The molecule has 2 rings (SSSR count). The van der Waals surface area contributed by atoms with Gasteiger partial charge in [0.2, 0.25) is 0 Å². The molecular formula is C14H24N2O3. The molecule has 5 nitrogen and oxygen atoms in total. The maximum atomic E-state index is 12.6. The van der Waals surface area contributed by atoms with E-state index in [1.165, 1.54) is 0 Å². The van der Waals surface area contributed by atoms with Crippen molar-refractivity contribution < 1.29 is 14.7 Å². The summed E-state index contributed by atoms with van der Waals surface area (Å²) in [6.45, 7) is 5.95. The Morgan fingerprint density at radius 1 is 1.16 bits per heavy atom. The van der Waals surface area contributed by atoms with Crippen LogP contribution in [0.5, 0.6) is 0 Å². The van der Waals surface area contributed by atoms with Crippen molar-refractivity contribution in [1.82, 2.24) is 9.80 Å². The molecule has 1 unspecified atom stereocenters. The normalized spacial score (nSPS) is 29.4. The number of hydrogen-bond donors (Lipinski definition) is 1. The predicted molar refractivity (Wildman–Crippen MR) is 72.0 cm³/mol. The van der Waals surface area contributed by atoms with Gasteiger partial charge in [-0.05, 0) is 44.9 Å². The molecule has 0 aromatic heterocycles. The molecular weight excluding hydrogens is 244 g/mol. The van der Waals surface area contributed by atoms with Crippen LogP contribution in [0.1, 0.15) is 46.0 Å². The number of likely N-dealkylation sites (tertiary alicyclic amines) is 2. The summed E-state index contributed by atoms with van der Waals surface area (Å²) in [4.78, 5) is 27.5. The number of rotatable bonds is 1. The molecule has 1 atom stereocenters. The average molecular weight is 268 g/mol. The zero-order chi connectivity index (χ0) is 14.0. The van der Waals surface area contributed by atoms with Gasteiger partial charge in [-0.25, -0.2) is 9.59 Å². The van der Waals surface area contributed by atoms with E-state index in [1.54, 1.807) is 11.8 Å². The van der Waals surface area contributed by atoms with E-state index in [1.807, 2.05) is 4.90 Å². The van der Waals surface area contributed by atoms with Crippen LogP contribution in [0.2, 0.25) is 0 Å². The lowest BCUT2D eigenvalue weighted by atomic mass is 9.88. The fourth-order valence-electron chi connectivity index (χ4n) is 3.02. The first kappa shape index (κ1) is 14.2. The Bertz CT molecular complexity index is 364. The van der Waals surface area contributed by atoms with Crippen LogP contribution in [0.25, 0.3) is 0 Å². The number of piperidine rings is 2. The summed E-state index contributed by atoms with van der Waals surface area (Å²) >= 11 is 0. The van der Waals surface area contributed by atoms with Gasteiger partial charge >= 0.3 is 12.0 Å². The molecule has 2 amide bonds. The maximum Gasteiger partial charge on any atom is 0.329 e. The van der Waals surface area contributed by atoms with Gasteiger partial charge in [-0.15, -0.1) is 0 Å². The highest BCUT2D eigenvalue weighted by atomic mass is 16.4. The van der Waals surface area contributed by atoms with E-state index in [2.05, 4.69) is 6.92 Å². The molecule has 0 aromatic rings. The van der Waals surface area contributed by atoms with E-state index in [4.69, 9.17) is 0 Å². The second-order valence-electron chi connectivity index (χ2n) is 6.14. The Morgan fingerprint density at radius 2 is 1.79 bits per heavy atom. The second kappa shape index (κ2) is 5.39. The number of urea groups is 1. The SMILES string of the molecule is CC1CCN(C(=O)N2CCCCC2(C)C(=O)O)CC1. The van der Waals surface area contributed by atoms with E-state index in [0.717, 1.165) is 38.8 Å². The molecule has 2 aliphatic rings. The van der Waals surface area contributed by atoms with E-state index in [-0.39, 0.29) is 6.03 Å². The molecule has 0 saturated carbocycles. The van der Waals surface area contributed by atoms with E-state index < -0.39 is 11.5 Å². The van der Waals surface area contributed by atoms with Crippen LogP contribution in [0.3, 0.4) is 0 Å². The third-order valence-corrected chi connectivity index (χ3v) is 4.64. The lowest BCUT2D eigenvalue weighted by Gasteiger charge is -2.44. The van der Waals surface area contributed by atoms with Gasteiger partial charge in [0.05, 0.1) is 0 Å². The molecule has 0 radical (unpaired) electrons. The minimum atomic E-state index is -1.03. The van der Waals surface area contributed by atoms with Gasteiger partial charge < -0.3 is 14.9 Å². The first-order chi connectivity index (χ1) is 8.95. The second-order valence-corrected chi connectivity index (χ2v) is 6.14. The van der Waals surface area contributed by atoms with Gasteiger partial charge in [0.15, 0.2) is 0 Å². The first-order valence-electron chi connectivity index (χ1n) is 7.25. The summed E-state index contributed by atoms with van der Waals surface area (Å²) in [5, 5.41) is 9.44. The number of carboxylic acids is 1. The first-order valence-corrected chi connectivity index (χ1v) is 7.25. The highest BCUT2D eigenvalue weighted by molar-refractivity contribution is 5.86. The Morgan fingerprint density at radius 3 is 2.37 bits per heavy atom. The molecule has 1 N–H and O–H groups in total. The van der Waals surface area contributed by atoms with Crippen LogP contribution in [0.4, 0.5) is 4.79 Å². The fraction of sp³-hybridized carbons (Fsp3) is 0.857.